The lowest BCUT2D eigenvalue weighted by molar-refractivity contribution is 1.21. The molecule has 0 aliphatic carbocycles. The van der Waals surface area contributed by atoms with Crippen LogP contribution in [0.3, 0.4) is 0 Å². The van der Waals surface area contributed by atoms with E-state index in [0.717, 1.165) is 0 Å². The van der Waals surface area contributed by atoms with Crippen molar-refractivity contribution < 1.29 is 0 Å². The molecule has 0 fully saturated rings. The van der Waals surface area contributed by atoms with Gasteiger partial charge in [-0.2, -0.15) is 0 Å². The average molecular weight is 99.9 g/mol. The van der Waals surface area contributed by atoms with Gasteiger partial charge in [-0.3, -0.25) is 0 Å². The van der Waals surface area contributed by atoms with Crippen molar-refractivity contribution >= 4 is 23.4 Å². The van der Waals surface area contributed by atoms with Gasteiger partial charge in [0.2, 0.25) is 0 Å². The SMILES string of the molecule is ClCNCl. The van der Waals surface area contributed by atoms with E-state index in [1.54, 1.807) is 0 Å². The molecule has 0 aliphatic heterocycles. The Bertz CT molecular complexity index is 8.00. The molecular weight excluding hydrogens is 96.9 g/mol. The Hall–Kier alpha value is 0.540. The standard InChI is InChI=1S/CH3Cl2N/c2-1-4-3/h4H,1H2. The predicted molar refractivity (Wildman–Crippen MR) is 19.7 cm³/mol. The summed E-state index contributed by atoms with van der Waals surface area (Å²) in [7, 11) is 0. The second-order valence-electron chi connectivity index (χ2n) is 0.267. The Labute approximate surface area is 35.0 Å². The molecule has 0 radical (unpaired) electrons. The summed E-state index contributed by atoms with van der Waals surface area (Å²) >= 11 is 9.75. The molecule has 0 saturated carbocycles. The molecule has 0 heterocycles. The van der Waals surface area contributed by atoms with Crippen molar-refractivity contribution in [1.82, 2.24) is 4.84 Å². The molecule has 1 N–H and O–H groups in total. The first kappa shape index (κ1) is 4.54. The molecule has 0 aromatic carbocycles. The van der Waals surface area contributed by atoms with Gasteiger partial charge in [-0.05, 0) is 11.8 Å². The topological polar surface area (TPSA) is 12.0 Å². The maximum absolute atomic E-state index is 4.94. The molecule has 26 valence electrons. The molecular formula is CH3Cl2N. The lowest BCUT2D eigenvalue weighted by Crippen LogP contribution is -1.88. The summed E-state index contributed by atoms with van der Waals surface area (Å²) in [5, 5.41) is 0. The Morgan fingerprint density at radius 1 is 1.75 bits per heavy atom. The predicted octanol–water partition coefficient (Wildman–Crippen LogP) is 0.926. The second-order valence-corrected chi connectivity index (χ2v) is 0.802. The number of hydrogen-bond donors (Lipinski definition) is 1. The van der Waals surface area contributed by atoms with Crippen LogP contribution in [0.5, 0.6) is 0 Å². The quantitative estimate of drug-likeness (QED) is 0.293. The number of halogens is 2. The van der Waals surface area contributed by atoms with Gasteiger partial charge in [0.05, 0.1) is 6.00 Å². The highest BCUT2D eigenvalue weighted by molar-refractivity contribution is 6.22. The molecule has 1 nitrogen and oxygen atoms in total. The normalized spacial score (nSPS) is 7.50. The largest absolute Gasteiger partial charge is 0.219 e. The molecule has 0 atom stereocenters. The lowest BCUT2D eigenvalue weighted by atomic mass is 11.6. The van der Waals surface area contributed by atoms with E-state index in [9.17, 15) is 0 Å². The van der Waals surface area contributed by atoms with Gasteiger partial charge in [0.25, 0.3) is 0 Å². The van der Waals surface area contributed by atoms with Crippen molar-refractivity contribution in [3.8, 4) is 0 Å². The zero-order valence-corrected chi connectivity index (χ0v) is 3.47. The van der Waals surface area contributed by atoms with E-state index >= 15 is 0 Å². The van der Waals surface area contributed by atoms with Gasteiger partial charge in [0.1, 0.15) is 0 Å². The van der Waals surface area contributed by atoms with Crippen LogP contribution < -0.4 is 4.84 Å². The summed E-state index contributed by atoms with van der Waals surface area (Å²) < 4.78 is 0. The molecule has 3 heteroatoms. The Morgan fingerprint density at radius 2 is 2.00 bits per heavy atom. The van der Waals surface area contributed by atoms with E-state index in [2.05, 4.69) is 4.84 Å². The molecule has 4 heavy (non-hydrogen) atoms. The Balaban J connectivity index is 1.97. The van der Waals surface area contributed by atoms with Crippen molar-refractivity contribution in [3.05, 3.63) is 0 Å². The Morgan fingerprint density at radius 3 is 2.00 bits per heavy atom. The van der Waals surface area contributed by atoms with Crippen LogP contribution in [0.1, 0.15) is 0 Å². The van der Waals surface area contributed by atoms with Gasteiger partial charge in [-0.25, -0.2) is 4.84 Å². The van der Waals surface area contributed by atoms with Crippen LogP contribution >= 0.6 is 23.4 Å². The van der Waals surface area contributed by atoms with Gasteiger partial charge in [-0.15, -0.1) is 11.6 Å². The van der Waals surface area contributed by atoms with Crippen molar-refractivity contribution in [1.29, 1.82) is 0 Å². The molecule has 0 spiro atoms. The first-order valence-corrected chi connectivity index (χ1v) is 1.72. The highest BCUT2D eigenvalue weighted by Gasteiger charge is 1.56. The van der Waals surface area contributed by atoms with Crippen LogP contribution in [-0.4, -0.2) is 6.00 Å². The lowest BCUT2D eigenvalue weighted by Gasteiger charge is -1.69. The van der Waals surface area contributed by atoms with E-state index in [-0.39, 0.29) is 0 Å². The first-order valence-electron chi connectivity index (χ1n) is 0.810. The maximum atomic E-state index is 4.94. The maximum Gasteiger partial charge on any atom is 0.0852 e. The van der Waals surface area contributed by atoms with Gasteiger partial charge in [0, 0.05) is 0 Å². The average Bonchev–Trinajstić information content (AvgIpc) is 1.37. The molecule has 0 unspecified atom stereocenters. The van der Waals surface area contributed by atoms with E-state index < -0.39 is 0 Å². The number of alkyl halides is 1. The molecule has 0 bridgehead atoms. The van der Waals surface area contributed by atoms with Crippen molar-refractivity contribution in [3.63, 3.8) is 0 Å². The van der Waals surface area contributed by atoms with Gasteiger partial charge >= 0.3 is 0 Å². The number of hydrogen-bond acceptors (Lipinski definition) is 1. The smallest absolute Gasteiger partial charge is 0.0852 e. The Kier molecular flexibility index (Phi) is 4.02. The van der Waals surface area contributed by atoms with Crippen LogP contribution in [0, 0.1) is 0 Å². The summed E-state index contributed by atoms with van der Waals surface area (Å²) in [5.41, 5.74) is 0. The summed E-state index contributed by atoms with van der Waals surface area (Å²) in [6, 6.07) is 0.307. The minimum absolute atomic E-state index is 0.307. The zero-order valence-electron chi connectivity index (χ0n) is 1.96. The van der Waals surface area contributed by atoms with Crippen LogP contribution in [-0.2, 0) is 0 Å². The van der Waals surface area contributed by atoms with Gasteiger partial charge in [0.15, 0.2) is 0 Å². The van der Waals surface area contributed by atoms with E-state index in [4.69, 9.17) is 23.4 Å². The minimum Gasteiger partial charge on any atom is -0.219 e. The fraction of sp³-hybridized carbons (Fsp3) is 1.00. The van der Waals surface area contributed by atoms with Crippen molar-refractivity contribution in [2.24, 2.45) is 0 Å². The van der Waals surface area contributed by atoms with Crippen LogP contribution in [0.4, 0.5) is 0 Å². The van der Waals surface area contributed by atoms with Crippen LogP contribution in [0.2, 0.25) is 0 Å². The van der Waals surface area contributed by atoms with E-state index in [1.165, 1.54) is 0 Å². The third-order valence-corrected chi connectivity index (χ3v) is 0.455. The summed E-state index contributed by atoms with van der Waals surface area (Å²) in [5.74, 6) is 0. The molecule has 0 rings (SSSR count). The van der Waals surface area contributed by atoms with Crippen LogP contribution in [0.25, 0.3) is 0 Å². The van der Waals surface area contributed by atoms with Crippen LogP contribution in [0.15, 0.2) is 0 Å². The van der Waals surface area contributed by atoms with Gasteiger partial charge in [-0.1, -0.05) is 0 Å². The first-order chi connectivity index (χ1) is 1.91. The number of nitrogens with one attached hydrogen (secondary N) is 1. The fourth-order valence-corrected chi connectivity index (χ4v) is 0. The highest BCUT2D eigenvalue weighted by atomic mass is 35.5. The fourth-order valence-electron chi connectivity index (χ4n) is 0. The third kappa shape index (κ3) is 2.54. The summed E-state index contributed by atoms with van der Waals surface area (Å²) in [6.07, 6.45) is 0. The monoisotopic (exact) mass is 99.0 g/mol. The molecule has 0 amide bonds. The summed E-state index contributed by atoms with van der Waals surface area (Å²) in [4.78, 5) is 2.17. The third-order valence-electron chi connectivity index (χ3n) is 0.0505. The second kappa shape index (κ2) is 3.54. The van der Waals surface area contributed by atoms with E-state index in [1.807, 2.05) is 0 Å². The molecule has 0 saturated heterocycles. The molecule has 0 aromatic heterocycles. The zero-order chi connectivity index (χ0) is 3.41. The number of rotatable bonds is 1. The van der Waals surface area contributed by atoms with Gasteiger partial charge < -0.3 is 0 Å². The minimum atomic E-state index is 0.307. The van der Waals surface area contributed by atoms with Crippen molar-refractivity contribution in [2.45, 2.75) is 0 Å². The van der Waals surface area contributed by atoms with E-state index in [0.29, 0.717) is 6.00 Å². The molecule has 0 aliphatic rings. The van der Waals surface area contributed by atoms with Crippen molar-refractivity contribution in [2.75, 3.05) is 6.00 Å². The molecule has 0 aromatic rings. The summed E-state index contributed by atoms with van der Waals surface area (Å²) in [6.45, 7) is 0. The highest BCUT2D eigenvalue weighted by Crippen LogP contribution is 1.64.